The second-order valence-corrected chi connectivity index (χ2v) is 5.85. The van der Waals surface area contributed by atoms with Crippen molar-refractivity contribution in [1.29, 1.82) is 0 Å². The lowest BCUT2D eigenvalue weighted by atomic mass is 10.2. The van der Waals surface area contributed by atoms with E-state index in [1.54, 1.807) is 12.3 Å². The number of anilines is 2. The summed E-state index contributed by atoms with van der Waals surface area (Å²) in [5.74, 6) is 0.164. The summed E-state index contributed by atoms with van der Waals surface area (Å²) < 4.78 is 0. The minimum Gasteiger partial charge on any atom is -0.352 e. The number of aromatic nitrogens is 3. The number of amides is 1. The van der Waals surface area contributed by atoms with Crippen LogP contribution in [-0.4, -0.2) is 26.9 Å². The molecule has 6 nitrogen and oxygen atoms in total. The first-order valence-electron chi connectivity index (χ1n) is 7.80. The van der Waals surface area contributed by atoms with Crippen LogP contribution in [-0.2, 0) is 0 Å². The molecule has 24 heavy (non-hydrogen) atoms. The number of nitrogens with one attached hydrogen (secondary N) is 2. The Hall–Kier alpha value is -3.02. The zero-order chi connectivity index (χ0) is 17.1. The van der Waals surface area contributed by atoms with Crippen molar-refractivity contribution in [2.75, 3.05) is 10.6 Å². The van der Waals surface area contributed by atoms with Crippen LogP contribution in [0.2, 0.25) is 0 Å². The van der Waals surface area contributed by atoms with Crippen molar-refractivity contribution in [3.63, 3.8) is 0 Å². The fraction of sp³-hybridized carbons (Fsp3) is 0.222. The Labute approximate surface area is 140 Å². The molecule has 3 rings (SSSR count). The summed E-state index contributed by atoms with van der Waals surface area (Å²) in [6.45, 7) is 5.82. The lowest BCUT2D eigenvalue weighted by molar-refractivity contribution is 0.102. The van der Waals surface area contributed by atoms with Gasteiger partial charge in [0.1, 0.15) is 5.69 Å². The first-order chi connectivity index (χ1) is 11.5. The van der Waals surface area contributed by atoms with Crippen molar-refractivity contribution in [2.24, 2.45) is 0 Å². The molecular weight excluding hydrogens is 302 g/mol. The van der Waals surface area contributed by atoms with Gasteiger partial charge in [-0.2, -0.15) is 0 Å². The maximum absolute atomic E-state index is 12.6. The third-order valence-electron chi connectivity index (χ3n) is 3.39. The summed E-state index contributed by atoms with van der Waals surface area (Å²) in [7, 11) is 0. The minimum absolute atomic E-state index is 0.185. The van der Waals surface area contributed by atoms with E-state index < -0.39 is 0 Å². The van der Waals surface area contributed by atoms with Crippen LogP contribution in [0.25, 0.3) is 10.9 Å². The van der Waals surface area contributed by atoms with Crippen molar-refractivity contribution in [2.45, 2.75) is 26.8 Å². The van der Waals surface area contributed by atoms with E-state index in [1.807, 2.05) is 51.1 Å². The van der Waals surface area contributed by atoms with E-state index in [4.69, 9.17) is 0 Å². The van der Waals surface area contributed by atoms with E-state index >= 15 is 0 Å². The Bertz CT molecular complexity index is 886. The topological polar surface area (TPSA) is 79.8 Å². The highest BCUT2D eigenvalue weighted by atomic mass is 16.1. The number of nitrogens with zero attached hydrogens (tertiary/aromatic N) is 3. The molecule has 2 heterocycles. The molecule has 122 valence electrons. The van der Waals surface area contributed by atoms with Gasteiger partial charge in [0.2, 0.25) is 5.95 Å². The third-order valence-corrected chi connectivity index (χ3v) is 3.39. The van der Waals surface area contributed by atoms with Gasteiger partial charge in [-0.3, -0.25) is 9.78 Å². The highest BCUT2D eigenvalue weighted by Crippen LogP contribution is 2.21. The van der Waals surface area contributed by atoms with E-state index in [2.05, 4.69) is 25.6 Å². The summed E-state index contributed by atoms with van der Waals surface area (Å²) in [6, 6.07) is 11.3. The lowest BCUT2D eigenvalue weighted by Gasteiger charge is -2.11. The molecule has 2 N–H and O–H groups in total. The molecule has 0 atom stereocenters. The number of carbonyl (C=O) groups is 1. The summed E-state index contributed by atoms with van der Waals surface area (Å²) in [5.41, 5.74) is 2.46. The third kappa shape index (κ3) is 3.48. The first-order valence-corrected chi connectivity index (χ1v) is 7.80. The molecule has 1 aromatic carbocycles. The average molecular weight is 321 g/mol. The van der Waals surface area contributed by atoms with Gasteiger partial charge in [-0.1, -0.05) is 18.2 Å². The molecule has 6 heteroatoms. The van der Waals surface area contributed by atoms with Crippen LogP contribution in [0.3, 0.4) is 0 Å². The van der Waals surface area contributed by atoms with Gasteiger partial charge in [-0.15, -0.1) is 0 Å². The quantitative estimate of drug-likeness (QED) is 0.770. The summed E-state index contributed by atoms with van der Waals surface area (Å²) in [5, 5.41) is 6.98. The van der Waals surface area contributed by atoms with E-state index in [0.29, 0.717) is 17.3 Å². The van der Waals surface area contributed by atoms with Crippen molar-refractivity contribution >= 4 is 28.4 Å². The number of hydrogen-bond acceptors (Lipinski definition) is 5. The molecule has 0 bridgehead atoms. The van der Waals surface area contributed by atoms with Gasteiger partial charge in [0.15, 0.2) is 0 Å². The summed E-state index contributed by atoms with van der Waals surface area (Å²) >= 11 is 0. The molecular formula is C18H19N5O. The maximum Gasteiger partial charge on any atom is 0.274 e. The van der Waals surface area contributed by atoms with Crippen LogP contribution in [0.5, 0.6) is 0 Å². The van der Waals surface area contributed by atoms with Gasteiger partial charge < -0.3 is 10.6 Å². The molecule has 0 saturated heterocycles. The Morgan fingerprint density at radius 3 is 2.71 bits per heavy atom. The molecule has 0 fully saturated rings. The Kier molecular flexibility index (Phi) is 4.37. The molecule has 1 amide bonds. The van der Waals surface area contributed by atoms with Crippen LogP contribution in [0.1, 0.15) is 30.0 Å². The average Bonchev–Trinajstić information content (AvgIpc) is 2.54. The van der Waals surface area contributed by atoms with Crippen LogP contribution in [0.15, 0.2) is 42.6 Å². The van der Waals surface area contributed by atoms with Gasteiger partial charge in [0.25, 0.3) is 5.91 Å². The zero-order valence-electron chi connectivity index (χ0n) is 13.9. The number of fused-ring (bicyclic) bond motifs is 1. The molecule has 2 aromatic heterocycles. The van der Waals surface area contributed by atoms with Crippen molar-refractivity contribution in [3.8, 4) is 0 Å². The zero-order valence-corrected chi connectivity index (χ0v) is 13.9. The van der Waals surface area contributed by atoms with Gasteiger partial charge in [-0.05, 0) is 39.0 Å². The number of pyridine rings is 1. The number of benzene rings is 1. The molecule has 0 spiro atoms. The minimum atomic E-state index is -0.287. The van der Waals surface area contributed by atoms with Gasteiger partial charge in [-0.25, -0.2) is 9.97 Å². The van der Waals surface area contributed by atoms with Crippen molar-refractivity contribution in [3.05, 3.63) is 54.0 Å². The standard InChI is InChI=1S/C18H19N5O/c1-11(2)20-18-21-12(3)10-15(23-18)17(24)22-14-8-4-6-13-7-5-9-19-16(13)14/h4-11H,1-3H3,(H,22,24)(H,20,21,23). The molecule has 0 aliphatic carbocycles. The molecule has 0 aliphatic heterocycles. The van der Waals surface area contributed by atoms with Gasteiger partial charge in [0, 0.05) is 23.3 Å². The van der Waals surface area contributed by atoms with E-state index in [-0.39, 0.29) is 11.9 Å². The Morgan fingerprint density at radius 2 is 1.92 bits per heavy atom. The smallest absolute Gasteiger partial charge is 0.274 e. The van der Waals surface area contributed by atoms with Crippen LogP contribution in [0.4, 0.5) is 11.6 Å². The molecule has 0 saturated carbocycles. The lowest BCUT2D eigenvalue weighted by Crippen LogP contribution is -2.18. The predicted molar refractivity (Wildman–Crippen MR) is 95.2 cm³/mol. The Morgan fingerprint density at radius 1 is 1.12 bits per heavy atom. The fourth-order valence-corrected chi connectivity index (χ4v) is 2.40. The SMILES string of the molecule is Cc1cc(C(=O)Nc2cccc3cccnc23)nc(NC(C)C)n1. The Balaban J connectivity index is 1.90. The number of carbonyl (C=O) groups excluding carboxylic acids is 1. The summed E-state index contributed by atoms with van der Waals surface area (Å²) in [6.07, 6.45) is 1.71. The highest BCUT2D eigenvalue weighted by molar-refractivity contribution is 6.07. The number of para-hydroxylation sites is 1. The fourth-order valence-electron chi connectivity index (χ4n) is 2.40. The second kappa shape index (κ2) is 6.62. The molecule has 0 aliphatic rings. The number of hydrogen-bond donors (Lipinski definition) is 2. The van der Waals surface area contributed by atoms with Gasteiger partial charge in [0.05, 0.1) is 11.2 Å². The molecule has 0 unspecified atom stereocenters. The van der Waals surface area contributed by atoms with E-state index in [9.17, 15) is 4.79 Å². The first kappa shape index (κ1) is 15.9. The largest absolute Gasteiger partial charge is 0.352 e. The van der Waals surface area contributed by atoms with Crippen LogP contribution in [0, 0.1) is 6.92 Å². The maximum atomic E-state index is 12.6. The normalized spacial score (nSPS) is 10.8. The van der Waals surface area contributed by atoms with E-state index in [0.717, 1.165) is 16.6 Å². The van der Waals surface area contributed by atoms with Crippen LogP contribution >= 0.6 is 0 Å². The van der Waals surface area contributed by atoms with Gasteiger partial charge >= 0.3 is 0 Å². The molecule has 3 aromatic rings. The van der Waals surface area contributed by atoms with Crippen molar-refractivity contribution in [1.82, 2.24) is 15.0 Å². The predicted octanol–water partition coefficient (Wildman–Crippen LogP) is 3.41. The monoisotopic (exact) mass is 321 g/mol. The number of rotatable bonds is 4. The van der Waals surface area contributed by atoms with Crippen LogP contribution < -0.4 is 10.6 Å². The summed E-state index contributed by atoms with van der Waals surface area (Å²) in [4.78, 5) is 25.5. The second-order valence-electron chi connectivity index (χ2n) is 5.85. The van der Waals surface area contributed by atoms with E-state index in [1.165, 1.54) is 0 Å². The number of aryl methyl sites for hydroxylation is 1. The van der Waals surface area contributed by atoms with Crippen molar-refractivity contribution < 1.29 is 4.79 Å². The molecule has 0 radical (unpaired) electrons. The highest BCUT2D eigenvalue weighted by Gasteiger charge is 2.13.